The first-order chi connectivity index (χ1) is 9.29. The lowest BCUT2D eigenvalue weighted by atomic mass is 10.2. The zero-order chi connectivity index (χ0) is 14.9. The molecule has 0 aromatic heterocycles. The molecule has 0 aliphatic rings. The summed E-state index contributed by atoms with van der Waals surface area (Å²) in [5.74, 6) is -1.84. The van der Waals surface area contributed by atoms with Gasteiger partial charge < -0.3 is 0 Å². The summed E-state index contributed by atoms with van der Waals surface area (Å²) >= 11 is 3.21. The number of halogens is 3. The van der Waals surface area contributed by atoms with Crippen molar-refractivity contribution in [3.63, 3.8) is 0 Å². The van der Waals surface area contributed by atoms with Gasteiger partial charge in [-0.15, -0.1) is 0 Å². The number of hydrogen-bond acceptors (Lipinski definition) is 2. The van der Waals surface area contributed by atoms with Crippen molar-refractivity contribution in [2.24, 2.45) is 0 Å². The molecule has 2 aromatic carbocycles. The first-order valence-corrected chi connectivity index (χ1v) is 7.81. The molecule has 0 saturated carbocycles. The van der Waals surface area contributed by atoms with E-state index in [9.17, 15) is 17.2 Å². The van der Waals surface area contributed by atoms with Crippen LogP contribution in [0, 0.1) is 18.6 Å². The maximum absolute atomic E-state index is 13.5. The smallest absolute Gasteiger partial charge is 0.264 e. The highest BCUT2D eigenvalue weighted by atomic mass is 79.9. The van der Waals surface area contributed by atoms with Crippen LogP contribution >= 0.6 is 15.9 Å². The molecule has 0 aliphatic carbocycles. The molecule has 0 saturated heterocycles. The van der Waals surface area contributed by atoms with E-state index in [1.807, 2.05) is 6.92 Å². The van der Waals surface area contributed by atoms with Crippen molar-refractivity contribution >= 4 is 31.6 Å². The lowest BCUT2D eigenvalue weighted by molar-refractivity contribution is 0.555. The Morgan fingerprint density at radius 1 is 1.10 bits per heavy atom. The molecule has 0 fully saturated rings. The summed E-state index contributed by atoms with van der Waals surface area (Å²) in [7, 11) is -4.20. The lowest BCUT2D eigenvalue weighted by Gasteiger charge is -2.11. The van der Waals surface area contributed by atoms with Crippen molar-refractivity contribution in [3.05, 3.63) is 58.1 Å². The number of anilines is 1. The van der Waals surface area contributed by atoms with Crippen molar-refractivity contribution < 1.29 is 17.2 Å². The van der Waals surface area contributed by atoms with E-state index in [0.717, 1.165) is 17.7 Å². The van der Waals surface area contributed by atoms with Crippen LogP contribution in [0.4, 0.5) is 14.5 Å². The molecule has 7 heteroatoms. The number of sulfonamides is 1. The molecule has 3 nitrogen and oxygen atoms in total. The van der Waals surface area contributed by atoms with Gasteiger partial charge in [-0.1, -0.05) is 6.07 Å². The van der Waals surface area contributed by atoms with Gasteiger partial charge in [0.05, 0.1) is 5.69 Å². The van der Waals surface area contributed by atoms with E-state index in [2.05, 4.69) is 20.7 Å². The topological polar surface area (TPSA) is 46.2 Å². The van der Waals surface area contributed by atoms with Gasteiger partial charge in [0, 0.05) is 4.47 Å². The predicted octanol–water partition coefficient (Wildman–Crippen LogP) is 3.84. The maximum atomic E-state index is 13.5. The second kappa shape index (κ2) is 5.49. The highest BCUT2D eigenvalue weighted by Crippen LogP contribution is 2.27. The Balaban J connectivity index is 2.43. The summed E-state index contributed by atoms with van der Waals surface area (Å²) in [5.41, 5.74) is 1.18. The van der Waals surface area contributed by atoms with Gasteiger partial charge in [0.1, 0.15) is 16.5 Å². The molecule has 106 valence electrons. The average Bonchev–Trinajstić information content (AvgIpc) is 2.35. The zero-order valence-corrected chi connectivity index (χ0v) is 12.7. The van der Waals surface area contributed by atoms with Gasteiger partial charge in [0.25, 0.3) is 10.0 Å². The van der Waals surface area contributed by atoms with Crippen LogP contribution in [0.1, 0.15) is 5.56 Å². The quantitative estimate of drug-likeness (QED) is 0.902. The normalized spacial score (nSPS) is 11.4. The molecule has 2 rings (SSSR count). The third-order valence-corrected chi connectivity index (χ3v) is 4.59. The fourth-order valence-corrected chi connectivity index (χ4v) is 3.48. The molecule has 1 N–H and O–H groups in total. The first-order valence-electron chi connectivity index (χ1n) is 5.53. The number of hydrogen-bond donors (Lipinski definition) is 1. The minimum atomic E-state index is -4.20. The van der Waals surface area contributed by atoms with Crippen molar-refractivity contribution in [1.82, 2.24) is 0 Å². The van der Waals surface area contributed by atoms with Crippen molar-refractivity contribution in [3.8, 4) is 0 Å². The van der Waals surface area contributed by atoms with Gasteiger partial charge in [-0.3, -0.25) is 4.72 Å². The average molecular weight is 362 g/mol. The molecule has 0 radical (unpaired) electrons. The van der Waals surface area contributed by atoms with Crippen LogP contribution in [0.3, 0.4) is 0 Å². The van der Waals surface area contributed by atoms with Gasteiger partial charge in [-0.25, -0.2) is 17.2 Å². The molecule has 0 bridgehead atoms. The van der Waals surface area contributed by atoms with E-state index >= 15 is 0 Å². The first kappa shape index (κ1) is 14.9. The van der Waals surface area contributed by atoms with Crippen molar-refractivity contribution in [2.75, 3.05) is 4.72 Å². The summed E-state index contributed by atoms with van der Waals surface area (Å²) in [4.78, 5) is -0.732. The maximum Gasteiger partial charge on any atom is 0.264 e. The van der Waals surface area contributed by atoms with Crippen LogP contribution in [-0.2, 0) is 10.0 Å². The molecule has 0 heterocycles. The standard InChI is InChI=1S/C13H10BrF2NO2S/c1-8-2-5-12(10(14)6-8)17-20(18,19)13-7-9(15)3-4-11(13)16/h2-7,17H,1H3. The Morgan fingerprint density at radius 2 is 1.80 bits per heavy atom. The predicted molar refractivity (Wildman–Crippen MR) is 76.0 cm³/mol. The van der Waals surface area contributed by atoms with Crippen LogP contribution in [0.15, 0.2) is 45.8 Å². The Labute approximate surface area is 123 Å². The van der Waals surface area contributed by atoms with Crippen LogP contribution in [0.2, 0.25) is 0 Å². The fraction of sp³-hybridized carbons (Fsp3) is 0.0769. The van der Waals surface area contributed by atoms with E-state index in [1.54, 1.807) is 12.1 Å². The van der Waals surface area contributed by atoms with E-state index in [4.69, 9.17) is 0 Å². The summed E-state index contributed by atoms with van der Waals surface area (Å²) in [6.45, 7) is 1.84. The minimum absolute atomic E-state index is 0.249. The Bertz CT molecular complexity index is 763. The number of benzene rings is 2. The summed E-state index contributed by atoms with van der Waals surface area (Å²) < 4.78 is 53.5. The van der Waals surface area contributed by atoms with E-state index in [0.29, 0.717) is 10.5 Å². The largest absolute Gasteiger partial charge is 0.278 e. The lowest BCUT2D eigenvalue weighted by Crippen LogP contribution is -2.15. The third-order valence-electron chi connectivity index (χ3n) is 2.55. The monoisotopic (exact) mass is 361 g/mol. The van der Waals surface area contributed by atoms with Gasteiger partial charge in [0.2, 0.25) is 0 Å². The van der Waals surface area contributed by atoms with E-state index < -0.39 is 26.6 Å². The van der Waals surface area contributed by atoms with Gasteiger partial charge in [-0.05, 0) is 58.7 Å². The zero-order valence-electron chi connectivity index (χ0n) is 10.3. The molecule has 0 aliphatic heterocycles. The van der Waals surface area contributed by atoms with Crippen LogP contribution in [0.5, 0.6) is 0 Å². The molecule has 20 heavy (non-hydrogen) atoms. The fourth-order valence-electron chi connectivity index (χ4n) is 1.59. The number of aryl methyl sites for hydroxylation is 1. The van der Waals surface area contributed by atoms with Gasteiger partial charge >= 0.3 is 0 Å². The third kappa shape index (κ3) is 3.16. The molecule has 0 amide bonds. The van der Waals surface area contributed by atoms with Crippen molar-refractivity contribution in [2.45, 2.75) is 11.8 Å². The number of rotatable bonds is 3. The second-order valence-electron chi connectivity index (χ2n) is 4.16. The molecule has 0 unspecified atom stereocenters. The van der Waals surface area contributed by atoms with Crippen molar-refractivity contribution in [1.29, 1.82) is 0 Å². The Hall–Kier alpha value is -1.47. The minimum Gasteiger partial charge on any atom is -0.278 e. The molecule has 0 atom stereocenters. The molecule has 0 spiro atoms. The van der Waals surface area contributed by atoms with E-state index in [1.165, 1.54) is 6.07 Å². The molecular formula is C13H10BrF2NO2S. The van der Waals surface area contributed by atoms with Gasteiger partial charge in [-0.2, -0.15) is 0 Å². The molecule has 2 aromatic rings. The van der Waals surface area contributed by atoms with Crippen LogP contribution < -0.4 is 4.72 Å². The van der Waals surface area contributed by atoms with Crippen LogP contribution in [0.25, 0.3) is 0 Å². The Kier molecular flexibility index (Phi) is 4.10. The molecular weight excluding hydrogens is 352 g/mol. The highest BCUT2D eigenvalue weighted by Gasteiger charge is 2.20. The number of nitrogens with one attached hydrogen (secondary N) is 1. The van der Waals surface area contributed by atoms with Crippen LogP contribution in [-0.4, -0.2) is 8.42 Å². The SMILES string of the molecule is Cc1ccc(NS(=O)(=O)c2cc(F)ccc2F)c(Br)c1. The second-order valence-corrected chi connectivity index (χ2v) is 6.67. The highest BCUT2D eigenvalue weighted by molar-refractivity contribution is 9.10. The Morgan fingerprint density at radius 3 is 2.45 bits per heavy atom. The van der Waals surface area contributed by atoms with E-state index in [-0.39, 0.29) is 5.69 Å². The summed E-state index contributed by atoms with van der Waals surface area (Å²) in [6.07, 6.45) is 0. The summed E-state index contributed by atoms with van der Waals surface area (Å²) in [6, 6.07) is 7.21. The van der Waals surface area contributed by atoms with Gasteiger partial charge in [0.15, 0.2) is 0 Å². The summed E-state index contributed by atoms with van der Waals surface area (Å²) in [5, 5.41) is 0.